The quantitative estimate of drug-likeness (QED) is 0.744. The monoisotopic (exact) mass is 189 g/mol. The van der Waals surface area contributed by atoms with Crippen LogP contribution in [-0.4, -0.2) is 11.9 Å². The molecule has 3 heteroatoms. The minimum Gasteiger partial charge on any atom is -0.342 e. The van der Waals surface area contributed by atoms with E-state index in [4.69, 9.17) is 5.73 Å². The smallest absolute Gasteiger partial charge is 0.118 e. The maximum Gasteiger partial charge on any atom is 0.118 e. The molecule has 0 spiro atoms. The van der Waals surface area contributed by atoms with Gasteiger partial charge < -0.3 is 11.1 Å². The number of anilines is 1. The zero-order chi connectivity index (χ0) is 9.97. The second-order valence-electron chi connectivity index (χ2n) is 3.50. The molecule has 1 heterocycles. The molecule has 1 aliphatic heterocycles. The molecule has 1 atom stereocenters. The van der Waals surface area contributed by atoms with Crippen LogP contribution in [0.25, 0.3) is 0 Å². The van der Waals surface area contributed by atoms with Crippen LogP contribution >= 0.6 is 0 Å². The molecule has 0 fully saturated rings. The van der Waals surface area contributed by atoms with Crippen LogP contribution in [0.15, 0.2) is 29.3 Å². The van der Waals surface area contributed by atoms with E-state index in [2.05, 4.69) is 29.4 Å². The molecule has 1 aromatic carbocycles. The van der Waals surface area contributed by atoms with E-state index in [1.54, 1.807) is 0 Å². The van der Waals surface area contributed by atoms with Gasteiger partial charge in [0.1, 0.15) is 5.84 Å². The van der Waals surface area contributed by atoms with Gasteiger partial charge >= 0.3 is 0 Å². The van der Waals surface area contributed by atoms with Gasteiger partial charge in [0, 0.05) is 5.69 Å². The zero-order valence-electron chi connectivity index (χ0n) is 8.33. The van der Waals surface area contributed by atoms with Crippen molar-refractivity contribution >= 4 is 11.5 Å². The van der Waals surface area contributed by atoms with E-state index >= 15 is 0 Å². The Kier molecular flexibility index (Phi) is 2.50. The maximum absolute atomic E-state index is 5.91. The Hall–Kier alpha value is -1.35. The van der Waals surface area contributed by atoms with Crippen molar-refractivity contribution in [3.05, 3.63) is 29.8 Å². The number of rotatable bonds is 2. The van der Waals surface area contributed by atoms with Crippen molar-refractivity contribution in [3.63, 3.8) is 0 Å². The second kappa shape index (κ2) is 3.80. The lowest BCUT2D eigenvalue weighted by Gasteiger charge is -2.21. The summed E-state index contributed by atoms with van der Waals surface area (Å²) in [4.78, 5) is 4.42. The average Bonchev–Trinajstić information content (AvgIpc) is 2.27. The molecular weight excluding hydrogens is 174 g/mol. The lowest BCUT2D eigenvalue weighted by molar-refractivity contribution is 0.804. The minimum absolute atomic E-state index is 0.0309. The molecule has 3 N–H and O–H groups in total. The molecule has 2 rings (SSSR count). The fourth-order valence-corrected chi connectivity index (χ4v) is 1.53. The van der Waals surface area contributed by atoms with E-state index < -0.39 is 0 Å². The van der Waals surface area contributed by atoms with E-state index in [9.17, 15) is 0 Å². The van der Waals surface area contributed by atoms with Crippen LogP contribution in [0, 0.1) is 0 Å². The van der Waals surface area contributed by atoms with Gasteiger partial charge in [0.25, 0.3) is 0 Å². The number of hydrogen-bond acceptors (Lipinski definition) is 3. The van der Waals surface area contributed by atoms with Gasteiger partial charge in [-0.3, -0.25) is 4.99 Å². The molecule has 0 aromatic heterocycles. The minimum atomic E-state index is 0.0309. The number of nitrogens with one attached hydrogen (secondary N) is 1. The van der Waals surface area contributed by atoms with Crippen molar-refractivity contribution in [1.82, 2.24) is 0 Å². The van der Waals surface area contributed by atoms with Gasteiger partial charge in [-0.2, -0.15) is 0 Å². The third kappa shape index (κ3) is 1.63. The molecule has 0 bridgehead atoms. The normalized spacial score (nSPS) is 16.6. The summed E-state index contributed by atoms with van der Waals surface area (Å²) in [6, 6.07) is 8.22. The largest absolute Gasteiger partial charge is 0.342 e. The standard InChI is InChI=1S/C11H15N3/c1-2-9(12)11-13-7-8-5-3-4-6-10(8)14-11/h3-6,9H,2,7,12H2,1H3,(H,13,14). The lowest BCUT2D eigenvalue weighted by Crippen LogP contribution is -2.36. The van der Waals surface area contributed by atoms with E-state index in [-0.39, 0.29) is 6.04 Å². The van der Waals surface area contributed by atoms with Gasteiger partial charge in [-0.1, -0.05) is 25.1 Å². The summed E-state index contributed by atoms with van der Waals surface area (Å²) in [6.07, 6.45) is 0.911. The summed E-state index contributed by atoms with van der Waals surface area (Å²) >= 11 is 0. The van der Waals surface area contributed by atoms with Crippen LogP contribution in [0.2, 0.25) is 0 Å². The predicted octanol–water partition coefficient (Wildman–Crippen LogP) is 1.75. The molecule has 1 aromatic rings. The summed E-state index contributed by atoms with van der Waals surface area (Å²) in [6.45, 7) is 2.81. The van der Waals surface area contributed by atoms with Crippen LogP contribution in [0.3, 0.4) is 0 Å². The number of nitrogens with two attached hydrogens (primary N) is 1. The van der Waals surface area contributed by atoms with Crippen LogP contribution < -0.4 is 11.1 Å². The average molecular weight is 189 g/mol. The zero-order valence-corrected chi connectivity index (χ0v) is 8.33. The molecule has 0 aliphatic carbocycles. The first-order valence-corrected chi connectivity index (χ1v) is 4.96. The highest BCUT2D eigenvalue weighted by Crippen LogP contribution is 2.20. The van der Waals surface area contributed by atoms with Crippen LogP contribution in [0.5, 0.6) is 0 Å². The predicted molar refractivity (Wildman–Crippen MR) is 59.5 cm³/mol. The molecule has 1 unspecified atom stereocenters. The summed E-state index contributed by atoms with van der Waals surface area (Å²) in [5, 5.41) is 3.27. The molecule has 74 valence electrons. The fourth-order valence-electron chi connectivity index (χ4n) is 1.53. The molecule has 0 saturated heterocycles. The van der Waals surface area contributed by atoms with Crippen molar-refractivity contribution in [3.8, 4) is 0 Å². The van der Waals surface area contributed by atoms with E-state index in [0.717, 1.165) is 24.5 Å². The highest BCUT2D eigenvalue weighted by Gasteiger charge is 2.14. The number of benzene rings is 1. The maximum atomic E-state index is 5.91. The molecule has 0 amide bonds. The highest BCUT2D eigenvalue weighted by atomic mass is 15.1. The van der Waals surface area contributed by atoms with Crippen molar-refractivity contribution in [1.29, 1.82) is 0 Å². The first-order valence-electron chi connectivity index (χ1n) is 4.96. The second-order valence-corrected chi connectivity index (χ2v) is 3.50. The van der Waals surface area contributed by atoms with Crippen molar-refractivity contribution in [2.75, 3.05) is 5.32 Å². The number of para-hydroxylation sites is 1. The number of amidine groups is 1. The summed E-state index contributed by atoms with van der Waals surface area (Å²) in [5.41, 5.74) is 8.29. The van der Waals surface area contributed by atoms with Crippen LogP contribution in [0.1, 0.15) is 18.9 Å². The van der Waals surface area contributed by atoms with Gasteiger partial charge in [-0.05, 0) is 18.1 Å². The molecule has 0 radical (unpaired) electrons. The third-order valence-corrected chi connectivity index (χ3v) is 2.49. The summed E-state index contributed by atoms with van der Waals surface area (Å²) < 4.78 is 0. The Labute approximate surface area is 84.0 Å². The third-order valence-electron chi connectivity index (χ3n) is 2.49. The van der Waals surface area contributed by atoms with Crippen LogP contribution in [0.4, 0.5) is 5.69 Å². The fraction of sp³-hybridized carbons (Fsp3) is 0.364. The van der Waals surface area contributed by atoms with Crippen LogP contribution in [-0.2, 0) is 6.54 Å². The van der Waals surface area contributed by atoms with E-state index in [1.165, 1.54) is 5.56 Å². The summed E-state index contributed by atoms with van der Waals surface area (Å²) in [7, 11) is 0. The Balaban J connectivity index is 2.21. The number of fused-ring (bicyclic) bond motifs is 1. The van der Waals surface area contributed by atoms with Gasteiger partial charge in [-0.25, -0.2) is 0 Å². The lowest BCUT2D eigenvalue weighted by atomic mass is 10.1. The molecule has 14 heavy (non-hydrogen) atoms. The Morgan fingerprint density at radius 3 is 3.07 bits per heavy atom. The van der Waals surface area contributed by atoms with E-state index in [0.29, 0.717) is 0 Å². The Morgan fingerprint density at radius 1 is 1.50 bits per heavy atom. The Morgan fingerprint density at radius 2 is 2.29 bits per heavy atom. The van der Waals surface area contributed by atoms with Crippen molar-refractivity contribution < 1.29 is 0 Å². The molecule has 3 nitrogen and oxygen atoms in total. The van der Waals surface area contributed by atoms with Crippen molar-refractivity contribution in [2.45, 2.75) is 25.9 Å². The number of aliphatic imine (C=N–C) groups is 1. The highest BCUT2D eigenvalue weighted by molar-refractivity contribution is 6.00. The first kappa shape index (κ1) is 9.21. The molecule has 1 aliphatic rings. The van der Waals surface area contributed by atoms with Gasteiger partial charge in [0.05, 0.1) is 12.6 Å². The molecular formula is C11H15N3. The van der Waals surface area contributed by atoms with Gasteiger partial charge in [0.2, 0.25) is 0 Å². The van der Waals surface area contributed by atoms with Crippen molar-refractivity contribution in [2.24, 2.45) is 10.7 Å². The SMILES string of the molecule is CCC(N)C1=NCc2ccccc2N1. The molecule has 0 saturated carbocycles. The first-order chi connectivity index (χ1) is 6.81. The number of nitrogens with zero attached hydrogens (tertiary/aromatic N) is 1. The van der Waals surface area contributed by atoms with Gasteiger partial charge in [0.15, 0.2) is 0 Å². The topological polar surface area (TPSA) is 50.4 Å². The summed E-state index contributed by atoms with van der Waals surface area (Å²) in [5.74, 6) is 0.909. The Bertz CT molecular complexity index is 357. The van der Waals surface area contributed by atoms with E-state index in [1.807, 2.05) is 12.1 Å². The van der Waals surface area contributed by atoms with Gasteiger partial charge in [-0.15, -0.1) is 0 Å². The number of hydrogen-bond donors (Lipinski definition) is 2.